The predicted molar refractivity (Wildman–Crippen MR) is 138 cm³/mol. The molecule has 0 saturated carbocycles. The van der Waals surface area contributed by atoms with Crippen molar-refractivity contribution in [2.75, 3.05) is 33.3 Å². The van der Waals surface area contributed by atoms with E-state index in [1.807, 2.05) is 13.8 Å². The molecule has 13 heteroatoms. The molecule has 0 unspecified atom stereocenters. The molecule has 39 heavy (non-hydrogen) atoms. The maximum Gasteiger partial charge on any atom is 0.416 e. The number of amides is 1. The number of likely N-dealkylation sites (N-methyl/N-ethyl adjacent to an activating group) is 1. The zero-order valence-electron chi connectivity index (χ0n) is 21.4. The monoisotopic (exact) mass is 575 g/mol. The van der Waals surface area contributed by atoms with Gasteiger partial charge in [0, 0.05) is 17.7 Å². The Morgan fingerprint density at radius 3 is 2.38 bits per heavy atom. The minimum absolute atomic E-state index is 0.0686. The van der Waals surface area contributed by atoms with Crippen molar-refractivity contribution in [1.29, 1.82) is 0 Å². The third kappa shape index (κ3) is 7.91. The van der Waals surface area contributed by atoms with Crippen molar-refractivity contribution in [1.82, 2.24) is 10.2 Å². The second-order valence-corrected chi connectivity index (χ2v) is 9.33. The van der Waals surface area contributed by atoms with Gasteiger partial charge in [-0.05, 0) is 49.1 Å². The number of rotatable bonds is 10. The van der Waals surface area contributed by atoms with E-state index in [4.69, 9.17) is 9.47 Å². The third-order valence-electron chi connectivity index (χ3n) is 5.86. The summed E-state index contributed by atoms with van der Waals surface area (Å²) < 4.78 is 90.5. The molecule has 2 aromatic carbocycles. The Kier molecular flexibility index (Phi) is 9.94. The number of nitrogens with zero attached hydrogens (tertiary/aromatic N) is 2. The highest BCUT2D eigenvalue weighted by atomic mass is 32.2. The number of aliphatic imine (C=N–C) groups is 1. The topological polar surface area (TPSA) is 63.2 Å². The fourth-order valence-corrected chi connectivity index (χ4v) is 4.55. The number of ether oxygens (including phenoxy) is 2. The van der Waals surface area contributed by atoms with Crippen molar-refractivity contribution < 1.29 is 40.6 Å². The highest BCUT2D eigenvalue weighted by Gasteiger charge is 2.38. The summed E-state index contributed by atoms with van der Waals surface area (Å²) in [6.45, 7) is 6.33. The van der Waals surface area contributed by atoms with E-state index in [2.05, 4.69) is 15.2 Å². The Bertz CT molecular complexity index is 1240. The van der Waals surface area contributed by atoms with Gasteiger partial charge in [0.05, 0.1) is 29.7 Å². The lowest BCUT2D eigenvalue weighted by atomic mass is 10.0. The molecule has 1 saturated heterocycles. The number of carbonyl (C=O) groups excluding carboxylic acids is 1. The summed E-state index contributed by atoms with van der Waals surface area (Å²) in [5.41, 5.74) is -2.84. The van der Waals surface area contributed by atoms with Gasteiger partial charge in [-0.2, -0.15) is 26.3 Å². The molecule has 0 atom stereocenters. The molecule has 212 valence electrons. The van der Waals surface area contributed by atoms with Gasteiger partial charge in [-0.15, -0.1) is 0 Å². The number of nitrogens with one attached hydrogen (secondary N) is 1. The fraction of sp³-hybridized carbons (Fsp3) is 0.385. The molecule has 1 amide bonds. The summed E-state index contributed by atoms with van der Waals surface area (Å²) in [5.74, 6) is 0.639. The largest absolute Gasteiger partial charge is 0.492 e. The zero-order chi connectivity index (χ0) is 28.8. The minimum Gasteiger partial charge on any atom is -0.492 e. The molecule has 1 aliphatic rings. The molecule has 1 heterocycles. The van der Waals surface area contributed by atoms with Crippen LogP contribution in [0.5, 0.6) is 11.5 Å². The Balaban J connectivity index is 1.87. The van der Waals surface area contributed by atoms with E-state index in [1.165, 1.54) is 13.2 Å². The van der Waals surface area contributed by atoms with Crippen molar-refractivity contribution in [3.63, 3.8) is 0 Å². The number of carbonyl (C=O) groups is 1. The van der Waals surface area contributed by atoms with Crippen molar-refractivity contribution in [3.8, 4) is 11.5 Å². The molecule has 0 bridgehead atoms. The second kappa shape index (κ2) is 12.8. The maximum atomic E-state index is 13.5. The van der Waals surface area contributed by atoms with Crippen LogP contribution in [0.1, 0.15) is 36.1 Å². The lowest BCUT2D eigenvalue weighted by Gasteiger charge is -2.18. The molecule has 0 aliphatic carbocycles. The number of amidine groups is 1. The first-order chi connectivity index (χ1) is 18.4. The number of alkyl halides is 6. The average Bonchev–Trinajstić information content (AvgIpc) is 3.22. The van der Waals surface area contributed by atoms with Crippen molar-refractivity contribution in [2.24, 2.45) is 4.99 Å². The van der Waals surface area contributed by atoms with E-state index in [1.54, 1.807) is 18.2 Å². The van der Waals surface area contributed by atoms with Gasteiger partial charge in [-0.3, -0.25) is 9.79 Å². The van der Waals surface area contributed by atoms with Crippen LogP contribution in [0.4, 0.5) is 31.1 Å². The molecule has 0 radical (unpaired) electrons. The van der Waals surface area contributed by atoms with E-state index < -0.39 is 35.6 Å². The smallest absolute Gasteiger partial charge is 0.416 e. The van der Waals surface area contributed by atoms with Crippen LogP contribution in [-0.2, 0) is 19.0 Å². The quantitative estimate of drug-likeness (QED) is 0.314. The van der Waals surface area contributed by atoms with Gasteiger partial charge >= 0.3 is 12.4 Å². The maximum absolute atomic E-state index is 13.5. The molecule has 1 N–H and O–H groups in total. The van der Waals surface area contributed by atoms with Crippen LogP contribution in [0, 0.1) is 0 Å². The van der Waals surface area contributed by atoms with Gasteiger partial charge < -0.3 is 19.7 Å². The number of halogens is 6. The van der Waals surface area contributed by atoms with Crippen molar-refractivity contribution >= 4 is 28.9 Å². The Hall–Kier alpha value is -3.19. The van der Waals surface area contributed by atoms with Crippen molar-refractivity contribution in [2.45, 2.75) is 32.8 Å². The van der Waals surface area contributed by atoms with Gasteiger partial charge in [0.15, 0.2) is 11.5 Å². The van der Waals surface area contributed by atoms with Crippen LogP contribution in [0.15, 0.2) is 46.3 Å². The van der Waals surface area contributed by atoms with E-state index in [9.17, 15) is 31.1 Å². The number of methoxy groups -OCH3 is 1. The summed E-state index contributed by atoms with van der Waals surface area (Å²) >= 11 is 0.935. The SMILES string of the molecule is CCN(CC)CCN=C1NC(=O)SC1=Cc1cccc(OCc2ccc(C(F)(F)F)cc2C(F)(F)F)c1OC. The summed E-state index contributed by atoms with van der Waals surface area (Å²) in [6.07, 6.45) is -8.30. The van der Waals surface area contributed by atoms with E-state index in [0.717, 1.165) is 30.9 Å². The lowest BCUT2D eigenvalue weighted by molar-refractivity contribution is -0.143. The first kappa shape index (κ1) is 30.4. The zero-order valence-corrected chi connectivity index (χ0v) is 22.2. The standard InChI is InChI=1S/C26H27F6N3O3S/c1-4-35(5-2)12-11-33-23-21(39-24(36)34-23)13-16-7-6-8-20(22(16)37-3)38-15-17-9-10-18(25(27,28)29)14-19(17)26(30,31)32/h6-10,13-14H,4-5,11-12,15H2,1-3H3,(H,33,34,36). The molecule has 3 rings (SSSR count). The van der Waals surface area contributed by atoms with E-state index >= 15 is 0 Å². The van der Waals surface area contributed by atoms with Crippen LogP contribution in [-0.4, -0.2) is 49.3 Å². The summed E-state index contributed by atoms with van der Waals surface area (Å²) in [7, 11) is 1.34. The number of hydrogen-bond acceptors (Lipinski definition) is 6. The molecule has 1 fully saturated rings. The highest BCUT2D eigenvalue weighted by molar-refractivity contribution is 8.18. The van der Waals surface area contributed by atoms with Gasteiger partial charge in [0.25, 0.3) is 5.24 Å². The van der Waals surface area contributed by atoms with Crippen LogP contribution < -0.4 is 14.8 Å². The number of para-hydroxylation sites is 1. The first-order valence-electron chi connectivity index (χ1n) is 11.9. The van der Waals surface area contributed by atoms with Crippen LogP contribution in [0.2, 0.25) is 0 Å². The van der Waals surface area contributed by atoms with Gasteiger partial charge in [-0.25, -0.2) is 0 Å². The molecular weight excluding hydrogens is 548 g/mol. The van der Waals surface area contributed by atoms with E-state index in [-0.39, 0.29) is 22.8 Å². The summed E-state index contributed by atoms with van der Waals surface area (Å²) in [6, 6.07) is 6.09. The number of thioether (sulfide) groups is 1. The van der Waals surface area contributed by atoms with Gasteiger partial charge in [0.2, 0.25) is 0 Å². The molecule has 0 aromatic heterocycles. The summed E-state index contributed by atoms with van der Waals surface area (Å²) in [4.78, 5) is 19.2. The summed E-state index contributed by atoms with van der Waals surface area (Å²) in [5, 5.41) is 2.39. The normalized spacial score (nSPS) is 16.3. The third-order valence-corrected chi connectivity index (χ3v) is 6.68. The predicted octanol–water partition coefficient (Wildman–Crippen LogP) is 6.85. The highest BCUT2D eigenvalue weighted by Crippen LogP contribution is 2.39. The Morgan fingerprint density at radius 2 is 1.77 bits per heavy atom. The molecule has 6 nitrogen and oxygen atoms in total. The molecule has 1 aliphatic heterocycles. The minimum atomic E-state index is -5.02. The average molecular weight is 576 g/mol. The molecule has 0 spiro atoms. The number of hydrogen-bond donors (Lipinski definition) is 1. The Morgan fingerprint density at radius 1 is 1.05 bits per heavy atom. The lowest BCUT2D eigenvalue weighted by Crippen LogP contribution is -2.27. The van der Waals surface area contributed by atoms with Gasteiger partial charge in [0.1, 0.15) is 12.4 Å². The molecule has 2 aromatic rings. The first-order valence-corrected chi connectivity index (χ1v) is 12.7. The van der Waals surface area contributed by atoms with Crippen LogP contribution >= 0.6 is 11.8 Å². The van der Waals surface area contributed by atoms with E-state index in [0.29, 0.717) is 35.5 Å². The second-order valence-electron chi connectivity index (χ2n) is 8.32. The number of benzene rings is 2. The fourth-order valence-electron chi connectivity index (χ4n) is 3.81. The Labute approximate surface area is 226 Å². The molecular formula is C26H27F6N3O3S. The van der Waals surface area contributed by atoms with Gasteiger partial charge in [-0.1, -0.05) is 32.0 Å². The van der Waals surface area contributed by atoms with Crippen LogP contribution in [0.3, 0.4) is 0 Å². The van der Waals surface area contributed by atoms with Crippen molar-refractivity contribution in [3.05, 3.63) is 63.6 Å². The van der Waals surface area contributed by atoms with Crippen LogP contribution in [0.25, 0.3) is 6.08 Å².